The molecule has 0 N–H and O–H groups in total. The molecule has 7 heteroatoms. The van der Waals surface area contributed by atoms with Gasteiger partial charge in [0, 0.05) is 13.6 Å². The highest BCUT2D eigenvalue weighted by molar-refractivity contribution is 7.89. The Morgan fingerprint density at radius 3 is 2.25 bits per heavy atom. The van der Waals surface area contributed by atoms with Gasteiger partial charge in [-0.3, -0.25) is 0 Å². The fraction of sp³-hybridized carbons (Fsp3) is 0.176. The lowest BCUT2D eigenvalue weighted by Gasteiger charge is -2.19. The Labute approximate surface area is 152 Å². The summed E-state index contributed by atoms with van der Waals surface area (Å²) in [6.45, 7) is 4.18. The standard InChI is InChI=1S/C17H17Cl2NO3S/c1-3-11-23-14-9-7-13(8-10-14)12-20(2)24(21,22)17-15(18)5-4-6-16(17)19/h3-10H,1,11-12H2,2H3. The van der Waals surface area contributed by atoms with Crippen molar-refractivity contribution in [2.75, 3.05) is 13.7 Å². The highest BCUT2D eigenvalue weighted by Crippen LogP contribution is 2.31. The molecule has 0 aliphatic rings. The molecular weight excluding hydrogens is 369 g/mol. The van der Waals surface area contributed by atoms with Crippen molar-refractivity contribution in [1.29, 1.82) is 0 Å². The second-order valence-electron chi connectivity index (χ2n) is 5.06. The Morgan fingerprint density at radius 2 is 1.71 bits per heavy atom. The summed E-state index contributed by atoms with van der Waals surface area (Å²) >= 11 is 12.0. The molecule has 2 aromatic carbocycles. The lowest BCUT2D eigenvalue weighted by atomic mass is 10.2. The second kappa shape index (κ2) is 8.03. The average molecular weight is 386 g/mol. The molecule has 0 saturated heterocycles. The molecule has 0 aromatic heterocycles. The highest BCUT2D eigenvalue weighted by Gasteiger charge is 2.26. The minimum absolute atomic E-state index is 0.0817. The third-order valence-corrected chi connectivity index (χ3v) is 6.04. The molecule has 0 bridgehead atoms. The van der Waals surface area contributed by atoms with Crippen LogP contribution in [0.2, 0.25) is 10.0 Å². The number of hydrogen-bond donors (Lipinski definition) is 0. The van der Waals surface area contributed by atoms with Crippen LogP contribution in [-0.2, 0) is 16.6 Å². The van der Waals surface area contributed by atoms with Crippen LogP contribution in [0.1, 0.15) is 5.56 Å². The summed E-state index contributed by atoms with van der Waals surface area (Å²) in [5.41, 5.74) is 0.815. The maximum Gasteiger partial charge on any atom is 0.246 e. The molecule has 24 heavy (non-hydrogen) atoms. The van der Waals surface area contributed by atoms with Gasteiger partial charge in [0.2, 0.25) is 10.0 Å². The monoisotopic (exact) mass is 385 g/mol. The van der Waals surface area contributed by atoms with E-state index in [4.69, 9.17) is 27.9 Å². The van der Waals surface area contributed by atoms with Crippen LogP contribution in [0.25, 0.3) is 0 Å². The Balaban J connectivity index is 2.19. The molecule has 0 heterocycles. The summed E-state index contributed by atoms with van der Waals surface area (Å²) in [6.07, 6.45) is 1.65. The molecule has 0 radical (unpaired) electrons. The van der Waals surface area contributed by atoms with Gasteiger partial charge < -0.3 is 4.74 Å². The zero-order valence-electron chi connectivity index (χ0n) is 13.1. The quantitative estimate of drug-likeness (QED) is 0.664. The summed E-state index contributed by atoms with van der Waals surface area (Å²) in [5.74, 6) is 0.693. The van der Waals surface area contributed by atoms with Crippen LogP contribution in [0.15, 0.2) is 60.0 Å². The van der Waals surface area contributed by atoms with Gasteiger partial charge in [-0.05, 0) is 29.8 Å². The number of halogens is 2. The molecule has 4 nitrogen and oxygen atoms in total. The first-order valence-corrected chi connectivity index (χ1v) is 9.29. The van der Waals surface area contributed by atoms with Crippen LogP contribution in [0.5, 0.6) is 5.75 Å². The van der Waals surface area contributed by atoms with E-state index in [9.17, 15) is 8.42 Å². The normalized spacial score (nSPS) is 11.5. The molecule has 0 fully saturated rings. The molecule has 128 valence electrons. The van der Waals surface area contributed by atoms with Crippen molar-refractivity contribution in [3.05, 3.63) is 70.7 Å². The number of sulfonamides is 1. The average Bonchev–Trinajstić information content (AvgIpc) is 2.53. The molecule has 0 saturated carbocycles. The lowest BCUT2D eigenvalue weighted by molar-refractivity contribution is 0.363. The maximum atomic E-state index is 12.7. The molecule has 2 rings (SSSR count). The SMILES string of the molecule is C=CCOc1ccc(CN(C)S(=O)(=O)c2c(Cl)cccc2Cl)cc1. The fourth-order valence-corrected chi connectivity index (χ4v) is 4.32. The third-order valence-electron chi connectivity index (χ3n) is 3.28. The predicted octanol–water partition coefficient (Wildman–Crippen LogP) is 4.38. The highest BCUT2D eigenvalue weighted by atomic mass is 35.5. The molecule has 2 aromatic rings. The molecule has 0 unspecified atom stereocenters. The predicted molar refractivity (Wildman–Crippen MR) is 97.2 cm³/mol. The Hall–Kier alpha value is -1.53. The van der Waals surface area contributed by atoms with Crippen LogP contribution in [-0.4, -0.2) is 26.4 Å². The molecular formula is C17H17Cl2NO3S. The topological polar surface area (TPSA) is 46.6 Å². The minimum Gasteiger partial charge on any atom is -0.490 e. The summed E-state index contributed by atoms with van der Waals surface area (Å²) in [6, 6.07) is 11.8. The van der Waals surface area contributed by atoms with Gasteiger partial charge in [-0.2, -0.15) is 4.31 Å². The van der Waals surface area contributed by atoms with E-state index in [1.165, 1.54) is 23.5 Å². The Morgan fingerprint density at radius 1 is 1.12 bits per heavy atom. The van der Waals surface area contributed by atoms with E-state index >= 15 is 0 Å². The van der Waals surface area contributed by atoms with Gasteiger partial charge in [0.1, 0.15) is 17.3 Å². The summed E-state index contributed by atoms with van der Waals surface area (Å²) in [7, 11) is -2.31. The van der Waals surface area contributed by atoms with Crippen LogP contribution in [0.4, 0.5) is 0 Å². The van der Waals surface area contributed by atoms with Crippen molar-refractivity contribution < 1.29 is 13.2 Å². The van der Waals surface area contributed by atoms with Gasteiger partial charge >= 0.3 is 0 Å². The Kier molecular flexibility index (Phi) is 6.29. The van der Waals surface area contributed by atoms with E-state index in [0.29, 0.717) is 12.4 Å². The van der Waals surface area contributed by atoms with E-state index in [2.05, 4.69) is 6.58 Å². The van der Waals surface area contributed by atoms with Crippen molar-refractivity contribution in [3.63, 3.8) is 0 Å². The summed E-state index contributed by atoms with van der Waals surface area (Å²) in [5, 5.41) is 0.199. The summed E-state index contributed by atoms with van der Waals surface area (Å²) < 4.78 is 32.0. The van der Waals surface area contributed by atoms with Gasteiger partial charge in [-0.15, -0.1) is 0 Å². The van der Waals surface area contributed by atoms with Gasteiger partial charge in [0.05, 0.1) is 10.0 Å². The second-order valence-corrected chi connectivity index (χ2v) is 7.85. The first kappa shape index (κ1) is 18.8. The number of nitrogens with zero attached hydrogens (tertiary/aromatic N) is 1. The molecule has 0 amide bonds. The van der Waals surface area contributed by atoms with E-state index in [0.717, 1.165) is 5.56 Å². The van der Waals surface area contributed by atoms with E-state index in [1.807, 2.05) is 0 Å². The van der Waals surface area contributed by atoms with E-state index in [1.54, 1.807) is 36.4 Å². The van der Waals surface area contributed by atoms with Crippen LogP contribution in [0.3, 0.4) is 0 Å². The lowest BCUT2D eigenvalue weighted by Crippen LogP contribution is -2.27. The van der Waals surface area contributed by atoms with Crippen LogP contribution in [0, 0.1) is 0 Å². The molecule has 0 spiro atoms. The minimum atomic E-state index is -3.80. The zero-order valence-corrected chi connectivity index (χ0v) is 15.4. The Bertz CT molecular complexity index is 800. The smallest absolute Gasteiger partial charge is 0.246 e. The first-order chi connectivity index (χ1) is 11.4. The van der Waals surface area contributed by atoms with Crippen LogP contribution >= 0.6 is 23.2 Å². The van der Waals surface area contributed by atoms with Gasteiger partial charge in [0.25, 0.3) is 0 Å². The van der Waals surface area contributed by atoms with E-state index in [-0.39, 0.29) is 21.5 Å². The number of ether oxygens (including phenoxy) is 1. The van der Waals surface area contributed by atoms with Crippen molar-refractivity contribution in [2.45, 2.75) is 11.4 Å². The molecule has 0 atom stereocenters. The largest absolute Gasteiger partial charge is 0.490 e. The number of hydrogen-bond acceptors (Lipinski definition) is 3. The van der Waals surface area contributed by atoms with Gasteiger partial charge in [0.15, 0.2) is 0 Å². The number of rotatable bonds is 7. The van der Waals surface area contributed by atoms with Crippen molar-refractivity contribution in [2.24, 2.45) is 0 Å². The molecule has 0 aliphatic carbocycles. The van der Waals surface area contributed by atoms with Gasteiger partial charge in [-0.1, -0.05) is 54.1 Å². The third kappa shape index (κ3) is 4.30. The number of benzene rings is 2. The first-order valence-electron chi connectivity index (χ1n) is 7.09. The maximum absolute atomic E-state index is 12.7. The van der Waals surface area contributed by atoms with Crippen LogP contribution < -0.4 is 4.74 Å². The van der Waals surface area contributed by atoms with Crippen molar-refractivity contribution >= 4 is 33.2 Å². The fourth-order valence-electron chi connectivity index (χ4n) is 2.07. The summed E-state index contributed by atoms with van der Waals surface area (Å²) in [4.78, 5) is -0.0817. The van der Waals surface area contributed by atoms with Crippen molar-refractivity contribution in [3.8, 4) is 5.75 Å². The zero-order chi connectivity index (χ0) is 17.7. The van der Waals surface area contributed by atoms with Gasteiger partial charge in [-0.25, -0.2) is 8.42 Å². The van der Waals surface area contributed by atoms with E-state index < -0.39 is 10.0 Å². The molecule has 0 aliphatic heterocycles. The van der Waals surface area contributed by atoms with Crippen molar-refractivity contribution in [1.82, 2.24) is 4.31 Å².